The van der Waals surface area contributed by atoms with Crippen LogP contribution in [0.2, 0.25) is 0 Å². The van der Waals surface area contributed by atoms with Crippen LogP contribution in [0, 0.1) is 6.92 Å². The predicted octanol–water partition coefficient (Wildman–Crippen LogP) is 4.67. The molecular weight excluding hydrogens is 312 g/mol. The molecule has 2 aromatic heterocycles. The number of nitrogens with one attached hydrogen (secondary N) is 1. The molecule has 0 unspecified atom stereocenters. The van der Waals surface area contributed by atoms with Gasteiger partial charge in [0, 0.05) is 42.6 Å². The van der Waals surface area contributed by atoms with Crippen molar-refractivity contribution in [1.82, 2.24) is 15.0 Å². The van der Waals surface area contributed by atoms with E-state index in [2.05, 4.69) is 21.9 Å². The second-order valence-corrected chi connectivity index (χ2v) is 5.51. The highest BCUT2D eigenvalue weighted by atomic mass is 16.3. The van der Waals surface area contributed by atoms with E-state index in [1.807, 2.05) is 57.1 Å². The highest BCUT2D eigenvalue weighted by molar-refractivity contribution is 5.80. The lowest BCUT2D eigenvalue weighted by Crippen LogP contribution is -2.10. The number of aromatic nitrogens is 3. The molecular formula is C20H26N4O. The highest BCUT2D eigenvalue weighted by Crippen LogP contribution is 2.25. The number of aryl methyl sites for hydroxylation is 2. The van der Waals surface area contributed by atoms with Gasteiger partial charge in [-0.25, -0.2) is 4.98 Å². The normalized spacial score (nSPS) is 10.8. The van der Waals surface area contributed by atoms with Crippen molar-refractivity contribution in [2.24, 2.45) is 0 Å². The molecule has 0 fully saturated rings. The van der Waals surface area contributed by atoms with Crippen molar-refractivity contribution in [3.8, 4) is 5.75 Å². The summed E-state index contributed by atoms with van der Waals surface area (Å²) in [5, 5.41) is 9.62. The van der Waals surface area contributed by atoms with Crippen LogP contribution in [-0.2, 0) is 6.42 Å². The minimum atomic E-state index is 0.298. The maximum atomic E-state index is 9.62. The van der Waals surface area contributed by atoms with Crippen LogP contribution >= 0.6 is 0 Å². The summed E-state index contributed by atoms with van der Waals surface area (Å²) >= 11 is 0. The molecule has 0 spiro atoms. The van der Waals surface area contributed by atoms with E-state index in [1.54, 1.807) is 18.5 Å². The smallest absolute Gasteiger partial charge is 0.156 e. The van der Waals surface area contributed by atoms with E-state index in [4.69, 9.17) is 0 Å². The van der Waals surface area contributed by atoms with Crippen molar-refractivity contribution in [3.63, 3.8) is 0 Å². The molecule has 2 heterocycles. The van der Waals surface area contributed by atoms with Crippen molar-refractivity contribution < 1.29 is 5.11 Å². The van der Waals surface area contributed by atoms with Crippen LogP contribution < -0.4 is 4.90 Å². The average molecular weight is 338 g/mol. The van der Waals surface area contributed by atoms with Gasteiger partial charge < -0.3 is 15.0 Å². The lowest BCUT2D eigenvalue weighted by Gasteiger charge is -2.18. The Balaban J connectivity index is 0.00000109. The van der Waals surface area contributed by atoms with Gasteiger partial charge >= 0.3 is 0 Å². The fraction of sp³-hybridized carbons (Fsp3) is 0.300. The molecule has 0 aliphatic heterocycles. The number of aromatic amines is 1. The standard InChI is InChI=1S/C18H20N4O.C2H6/c1-4-13-11-14(23)5-6-16(13)22(3)10-7-15-12(2)17-18(21-15)20-9-8-19-17;1-2/h5-11,23H,4H2,1-3H3,(H,20,21);1-2H3/b10-7+;. The number of hydrogen-bond acceptors (Lipinski definition) is 4. The zero-order chi connectivity index (χ0) is 18.4. The summed E-state index contributed by atoms with van der Waals surface area (Å²) in [5.74, 6) is 0.298. The quantitative estimate of drug-likeness (QED) is 0.725. The molecule has 25 heavy (non-hydrogen) atoms. The molecule has 132 valence electrons. The number of fused-ring (bicyclic) bond motifs is 1. The van der Waals surface area contributed by atoms with Crippen LogP contribution in [0.5, 0.6) is 5.75 Å². The first kappa shape index (κ1) is 18.5. The van der Waals surface area contributed by atoms with Crippen LogP contribution in [0.15, 0.2) is 36.8 Å². The lowest BCUT2D eigenvalue weighted by atomic mass is 10.1. The largest absolute Gasteiger partial charge is 0.508 e. The predicted molar refractivity (Wildman–Crippen MR) is 105 cm³/mol. The number of benzene rings is 1. The molecule has 3 rings (SSSR count). The molecule has 0 radical (unpaired) electrons. The van der Waals surface area contributed by atoms with E-state index in [0.717, 1.165) is 40.1 Å². The van der Waals surface area contributed by atoms with Crippen molar-refractivity contribution in [2.45, 2.75) is 34.1 Å². The van der Waals surface area contributed by atoms with Crippen LogP contribution in [0.25, 0.3) is 17.2 Å². The molecule has 0 saturated carbocycles. The summed E-state index contributed by atoms with van der Waals surface area (Å²) < 4.78 is 0. The summed E-state index contributed by atoms with van der Waals surface area (Å²) in [6, 6.07) is 5.45. The number of nitrogens with zero attached hydrogens (tertiary/aromatic N) is 3. The van der Waals surface area contributed by atoms with Gasteiger partial charge in [0.15, 0.2) is 5.65 Å². The molecule has 2 N–H and O–H groups in total. The van der Waals surface area contributed by atoms with E-state index in [-0.39, 0.29) is 0 Å². The first-order chi connectivity index (χ1) is 12.1. The summed E-state index contributed by atoms with van der Waals surface area (Å²) in [6.07, 6.45) is 8.27. The van der Waals surface area contributed by atoms with Gasteiger partial charge in [-0.15, -0.1) is 0 Å². The molecule has 0 saturated heterocycles. The SMILES string of the molecule is CC.CCc1cc(O)ccc1N(C)/C=C/c1[nH]c2nccnc2c1C. The highest BCUT2D eigenvalue weighted by Gasteiger charge is 2.08. The fourth-order valence-corrected chi connectivity index (χ4v) is 2.69. The third-order valence-corrected chi connectivity index (χ3v) is 4.00. The Bertz CT molecular complexity index is 867. The monoisotopic (exact) mass is 338 g/mol. The van der Waals surface area contributed by atoms with Gasteiger partial charge in [-0.2, -0.15) is 0 Å². The first-order valence-corrected chi connectivity index (χ1v) is 8.62. The van der Waals surface area contributed by atoms with E-state index < -0.39 is 0 Å². The molecule has 0 aliphatic rings. The van der Waals surface area contributed by atoms with Gasteiger partial charge in [0.1, 0.15) is 11.3 Å². The number of aromatic hydroxyl groups is 1. The Morgan fingerprint density at radius 2 is 1.92 bits per heavy atom. The van der Waals surface area contributed by atoms with Gasteiger partial charge in [-0.1, -0.05) is 20.8 Å². The maximum Gasteiger partial charge on any atom is 0.156 e. The molecule has 1 aromatic carbocycles. The van der Waals surface area contributed by atoms with Crippen molar-refractivity contribution >= 4 is 22.9 Å². The number of phenols is 1. The van der Waals surface area contributed by atoms with Gasteiger partial charge in [-0.3, -0.25) is 4.98 Å². The third-order valence-electron chi connectivity index (χ3n) is 4.00. The van der Waals surface area contributed by atoms with E-state index in [0.29, 0.717) is 5.75 Å². The van der Waals surface area contributed by atoms with Gasteiger partial charge in [0.05, 0.1) is 0 Å². The zero-order valence-electron chi connectivity index (χ0n) is 15.5. The first-order valence-electron chi connectivity index (χ1n) is 8.62. The molecule has 0 aliphatic carbocycles. The van der Waals surface area contributed by atoms with Crippen LogP contribution in [0.1, 0.15) is 37.6 Å². The zero-order valence-corrected chi connectivity index (χ0v) is 15.5. The molecule has 0 bridgehead atoms. The second kappa shape index (κ2) is 8.33. The molecule has 0 amide bonds. The number of phenolic OH excluding ortho intramolecular Hbond substituents is 1. The minimum absolute atomic E-state index is 0.298. The Kier molecular flexibility index (Phi) is 6.17. The summed E-state index contributed by atoms with van der Waals surface area (Å²) in [4.78, 5) is 14.0. The summed E-state index contributed by atoms with van der Waals surface area (Å²) in [7, 11) is 2.00. The van der Waals surface area contributed by atoms with Crippen molar-refractivity contribution in [2.75, 3.05) is 11.9 Å². The van der Waals surface area contributed by atoms with Crippen LogP contribution in [0.3, 0.4) is 0 Å². The molecule has 3 aromatic rings. The van der Waals surface area contributed by atoms with Crippen molar-refractivity contribution in [3.05, 3.63) is 53.6 Å². The van der Waals surface area contributed by atoms with E-state index in [1.165, 1.54) is 0 Å². The van der Waals surface area contributed by atoms with Gasteiger partial charge in [-0.05, 0) is 43.2 Å². The average Bonchev–Trinajstić information content (AvgIpc) is 2.97. The maximum absolute atomic E-state index is 9.62. The van der Waals surface area contributed by atoms with Crippen LogP contribution in [-0.4, -0.2) is 27.1 Å². The van der Waals surface area contributed by atoms with Gasteiger partial charge in [0.25, 0.3) is 0 Å². The molecule has 5 heteroatoms. The summed E-state index contributed by atoms with van der Waals surface area (Å²) in [5.41, 5.74) is 5.95. The number of H-pyrrole nitrogens is 1. The topological polar surface area (TPSA) is 65.0 Å². The number of anilines is 1. The molecule has 0 atom stereocenters. The minimum Gasteiger partial charge on any atom is -0.508 e. The number of hydrogen-bond donors (Lipinski definition) is 2. The molecule has 5 nitrogen and oxygen atoms in total. The van der Waals surface area contributed by atoms with Crippen LogP contribution in [0.4, 0.5) is 5.69 Å². The fourth-order valence-electron chi connectivity index (χ4n) is 2.69. The third kappa shape index (κ3) is 3.99. The van der Waals surface area contributed by atoms with E-state index >= 15 is 0 Å². The van der Waals surface area contributed by atoms with Gasteiger partial charge in [0.2, 0.25) is 0 Å². The lowest BCUT2D eigenvalue weighted by molar-refractivity contribution is 0.474. The summed E-state index contributed by atoms with van der Waals surface area (Å²) in [6.45, 7) is 8.11. The Morgan fingerprint density at radius 1 is 1.20 bits per heavy atom. The second-order valence-electron chi connectivity index (χ2n) is 5.51. The Morgan fingerprint density at radius 3 is 2.60 bits per heavy atom. The number of rotatable bonds is 4. The van der Waals surface area contributed by atoms with E-state index in [9.17, 15) is 5.11 Å². The Hall–Kier alpha value is -2.82. The Labute approximate surface area is 149 Å². The van der Waals surface area contributed by atoms with Crippen molar-refractivity contribution in [1.29, 1.82) is 0 Å².